The highest BCUT2D eigenvalue weighted by Crippen LogP contribution is 2.17. The third-order valence-corrected chi connectivity index (χ3v) is 3.02. The Morgan fingerprint density at radius 3 is 3.00 bits per heavy atom. The number of esters is 1. The molecule has 2 atom stereocenters. The predicted octanol–water partition coefficient (Wildman–Crippen LogP) is 0.929. The molecule has 1 aromatic heterocycles. The number of hydrogen-bond acceptors (Lipinski definition) is 6. The van der Waals surface area contributed by atoms with Gasteiger partial charge in [0.05, 0.1) is 19.0 Å². The molecule has 0 aliphatic carbocycles. The van der Waals surface area contributed by atoms with Crippen molar-refractivity contribution in [2.45, 2.75) is 38.3 Å². The summed E-state index contributed by atoms with van der Waals surface area (Å²) in [6.45, 7) is 3.04. The molecule has 0 aromatic carbocycles. The molecule has 2 heterocycles. The zero-order chi connectivity index (χ0) is 13.5. The van der Waals surface area contributed by atoms with Gasteiger partial charge in [-0.15, -0.1) is 0 Å². The number of carbonyl (C=O) groups excluding carboxylic acids is 1. The van der Waals surface area contributed by atoms with Crippen molar-refractivity contribution in [3.63, 3.8) is 0 Å². The summed E-state index contributed by atoms with van der Waals surface area (Å²) in [5, 5.41) is 3.35. The number of nitrogens with zero attached hydrogens (tertiary/aromatic N) is 2. The smallest absolute Gasteiger partial charge is 0.305 e. The van der Waals surface area contributed by atoms with Crippen LogP contribution in [0.25, 0.3) is 0 Å². The highest BCUT2D eigenvalue weighted by Gasteiger charge is 2.26. The van der Waals surface area contributed by atoms with Crippen molar-refractivity contribution >= 4 is 5.97 Å². The van der Waals surface area contributed by atoms with Gasteiger partial charge >= 0.3 is 5.97 Å². The summed E-state index contributed by atoms with van der Waals surface area (Å²) in [4.78, 5) is 19.1. The third-order valence-electron chi connectivity index (χ3n) is 3.02. The normalized spacial score (nSPS) is 22.2. The van der Waals surface area contributed by atoms with E-state index in [0.717, 1.165) is 19.4 Å². The molecule has 6 nitrogen and oxygen atoms in total. The van der Waals surface area contributed by atoms with E-state index in [4.69, 9.17) is 9.47 Å². The zero-order valence-corrected chi connectivity index (χ0v) is 11.0. The van der Waals surface area contributed by atoms with Crippen molar-refractivity contribution in [1.29, 1.82) is 0 Å². The van der Waals surface area contributed by atoms with Crippen LogP contribution in [-0.4, -0.2) is 41.2 Å². The first kappa shape index (κ1) is 13.7. The lowest BCUT2D eigenvalue weighted by Crippen LogP contribution is -2.23. The molecular formula is C13H19N3O3. The fraction of sp³-hybridized carbons (Fsp3) is 0.615. The van der Waals surface area contributed by atoms with Gasteiger partial charge in [0.1, 0.15) is 12.4 Å². The van der Waals surface area contributed by atoms with Crippen molar-refractivity contribution in [3.05, 3.63) is 18.7 Å². The van der Waals surface area contributed by atoms with Crippen LogP contribution in [0.5, 0.6) is 5.75 Å². The lowest BCUT2D eigenvalue weighted by molar-refractivity contribution is -0.143. The van der Waals surface area contributed by atoms with E-state index in [9.17, 15) is 4.79 Å². The molecule has 2 rings (SSSR count). The highest BCUT2D eigenvalue weighted by atomic mass is 16.5. The van der Waals surface area contributed by atoms with Crippen molar-refractivity contribution in [2.24, 2.45) is 0 Å². The van der Waals surface area contributed by atoms with Gasteiger partial charge in [-0.05, 0) is 13.3 Å². The molecule has 1 aromatic rings. The van der Waals surface area contributed by atoms with Gasteiger partial charge in [0.2, 0.25) is 0 Å². The first-order valence-corrected chi connectivity index (χ1v) is 6.58. The highest BCUT2D eigenvalue weighted by molar-refractivity contribution is 5.69. The summed E-state index contributed by atoms with van der Waals surface area (Å²) in [5.74, 6) is 0.547. The average Bonchev–Trinajstić information content (AvgIpc) is 2.86. The van der Waals surface area contributed by atoms with Crippen molar-refractivity contribution < 1.29 is 14.3 Å². The van der Waals surface area contributed by atoms with Gasteiger partial charge in [-0.25, -0.2) is 9.97 Å². The topological polar surface area (TPSA) is 73.3 Å². The van der Waals surface area contributed by atoms with Gasteiger partial charge < -0.3 is 14.8 Å². The Hall–Kier alpha value is -1.69. The maximum Gasteiger partial charge on any atom is 0.305 e. The Kier molecular flexibility index (Phi) is 5.09. The fourth-order valence-electron chi connectivity index (χ4n) is 2.16. The monoisotopic (exact) mass is 265 g/mol. The summed E-state index contributed by atoms with van der Waals surface area (Å²) in [7, 11) is 0. The van der Waals surface area contributed by atoms with E-state index in [1.54, 1.807) is 12.4 Å². The molecule has 1 saturated heterocycles. The maximum atomic E-state index is 11.3. The Morgan fingerprint density at radius 2 is 2.26 bits per heavy atom. The second-order valence-electron chi connectivity index (χ2n) is 4.50. The lowest BCUT2D eigenvalue weighted by Gasteiger charge is -2.12. The standard InChI is InChI=1S/C13H19N3O3/c1-2-18-13(17)4-3-10-5-11(8-16-10)19-12-6-14-9-15-7-12/h6-7,9-11,16H,2-5,8H2,1H3/t10-,11-/m1/s1. The SMILES string of the molecule is CCOC(=O)CC[C@@H]1C[C@@H](Oc2cncnc2)CN1. The number of rotatable bonds is 6. The molecule has 0 saturated carbocycles. The summed E-state index contributed by atoms with van der Waals surface area (Å²) in [5.41, 5.74) is 0. The molecule has 0 spiro atoms. The van der Waals surface area contributed by atoms with Crippen LogP contribution in [0.15, 0.2) is 18.7 Å². The molecule has 1 N–H and O–H groups in total. The van der Waals surface area contributed by atoms with Gasteiger partial charge in [-0.3, -0.25) is 4.79 Å². The van der Waals surface area contributed by atoms with E-state index in [0.29, 0.717) is 24.8 Å². The van der Waals surface area contributed by atoms with Crippen LogP contribution in [0.3, 0.4) is 0 Å². The van der Waals surface area contributed by atoms with Crippen molar-refractivity contribution in [1.82, 2.24) is 15.3 Å². The number of hydrogen-bond donors (Lipinski definition) is 1. The second-order valence-corrected chi connectivity index (χ2v) is 4.50. The van der Waals surface area contributed by atoms with Gasteiger partial charge in [-0.1, -0.05) is 0 Å². The molecule has 1 aliphatic rings. The third kappa shape index (κ3) is 4.48. The Bertz CT molecular complexity index is 399. The Morgan fingerprint density at radius 1 is 1.47 bits per heavy atom. The molecule has 1 aliphatic heterocycles. The minimum absolute atomic E-state index is 0.109. The van der Waals surface area contributed by atoms with Crippen LogP contribution in [0.4, 0.5) is 0 Å². The molecular weight excluding hydrogens is 246 g/mol. The van der Waals surface area contributed by atoms with Crippen LogP contribution in [-0.2, 0) is 9.53 Å². The molecule has 19 heavy (non-hydrogen) atoms. The van der Waals surface area contributed by atoms with Gasteiger partial charge in [0.15, 0.2) is 5.75 Å². The number of aromatic nitrogens is 2. The Balaban J connectivity index is 1.70. The molecule has 6 heteroatoms. The summed E-state index contributed by atoms with van der Waals surface area (Å²) < 4.78 is 10.7. The van der Waals surface area contributed by atoms with E-state index in [2.05, 4.69) is 15.3 Å². The van der Waals surface area contributed by atoms with Gasteiger partial charge in [0.25, 0.3) is 0 Å². The maximum absolute atomic E-state index is 11.3. The predicted molar refractivity (Wildman–Crippen MR) is 68.7 cm³/mol. The van der Waals surface area contributed by atoms with Crippen LogP contribution in [0.2, 0.25) is 0 Å². The van der Waals surface area contributed by atoms with E-state index in [1.807, 2.05) is 6.92 Å². The summed E-state index contributed by atoms with van der Waals surface area (Å²) in [6, 6.07) is 0.305. The van der Waals surface area contributed by atoms with Crippen LogP contribution in [0, 0.1) is 0 Å². The summed E-state index contributed by atoms with van der Waals surface area (Å²) >= 11 is 0. The van der Waals surface area contributed by atoms with E-state index in [-0.39, 0.29) is 12.1 Å². The summed E-state index contributed by atoms with van der Waals surface area (Å²) in [6.07, 6.45) is 7.00. The van der Waals surface area contributed by atoms with Gasteiger partial charge in [0, 0.05) is 25.4 Å². The zero-order valence-electron chi connectivity index (χ0n) is 11.0. The van der Waals surface area contributed by atoms with Crippen LogP contribution < -0.4 is 10.1 Å². The van der Waals surface area contributed by atoms with Crippen LogP contribution >= 0.6 is 0 Å². The second kappa shape index (κ2) is 7.04. The Labute approximate surface area is 112 Å². The first-order valence-electron chi connectivity index (χ1n) is 6.58. The lowest BCUT2D eigenvalue weighted by atomic mass is 10.1. The molecule has 0 amide bonds. The number of carbonyl (C=O) groups is 1. The van der Waals surface area contributed by atoms with Crippen molar-refractivity contribution in [3.8, 4) is 5.75 Å². The molecule has 0 bridgehead atoms. The van der Waals surface area contributed by atoms with E-state index in [1.165, 1.54) is 6.33 Å². The molecule has 104 valence electrons. The molecule has 0 unspecified atom stereocenters. The first-order chi connectivity index (χ1) is 9.28. The quantitative estimate of drug-likeness (QED) is 0.771. The fourth-order valence-corrected chi connectivity index (χ4v) is 2.16. The largest absolute Gasteiger partial charge is 0.486 e. The minimum Gasteiger partial charge on any atom is -0.486 e. The van der Waals surface area contributed by atoms with E-state index < -0.39 is 0 Å². The van der Waals surface area contributed by atoms with E-state index >= 15 is 0 Å². The van der Waals surface area contributed by atoms with Crippen LogP contribution in [0.1, 0.15) is 26.2 Å². The number of nitrogens with one attached hydrogen (secondary N) is 1. The van der Waals surface area contributed by atoms with Crippen molar-refractivity contribution in [2.75, 3.05) is 13.2 Å². The molecule has 1 fully saturated rings. The average molecular weight is 265 g/mol. The minimum atomic E-state index is -0.134. The number of ether oxygens (including phenoxy) is 2. The molecule has 0 radical (unpaired) electrons. The van der Waals surface area contributed by atoms with Gasteiger partial charge in [-0.2, -0.15) is 0 Å².